The minimum Gasteiger partial charge on any atom is -0.384 e. The average molecular weight is 435 g/mol. The Kier molecular flexibility index (Phi) is 10.0. The number of nitrogens with zero attached hydrogens (tertiary/aromatic N) is 3. The van der Waals surface area contributed by atoms with E-state index in [1.165, 1.54) is 42.3 Å². The highest BCUT2D eigenvalue weighted by Gasteiger charge is 2.02. The smallest absolute Gasteiger partial charge is 0.122 e. The number of hydrogen-bond acceptors (Lipinski definition) is 6. The summed E-state index contributed by atoms with van der Waals surface area (Å²) in [7, 11) is 0. The molecule has 0 saturated heterocycles. The largest absolute Gasteiger partial charge is 0.384 e. The van der Waals surface area contributed by atoms with Crippen molar-refractivity contribution in [2.75, 3.05) is 31.5 Å². The fraction of sp³-hybridized carbons (Fsp3) is 0.500. The van der Waals surface area contributed by atoms with Gasteiger partial charge in [0.15, 0.2) is 0 Å². The maximum atomic E-state index is 4.75. The zero-order chi connectivity index (χ0) is 22.4. The van der Waals surface area contributed by atoms with Gasteiger partial charge in [0.05, 0.1) is 11.9 Å². The van der Waals surface area contributed by atoms with Crippen molar-refractivity contribution in [3.8, 4) is 0 Å². The number of allylic oxidation sites excluding steroid dienone is 1. The van der Waals surface area contributed by atoms with Crippen LogP contribution in [-0.2, 0) is 0 Å². The minimum atomic E-state index is 0.880. The van der Waals surface area contributed by atoms with Gasteiger partial charge in [-0.25, -0.2) is 0 Å². The lowest BCUT2D eigenvalue weighted by atomic mass is 10.1. The Hall–Kier alpha value is -2.89. The van der Waals surface area contributed by atoms with Crippen LogP contribution in [0, 0.1) is 6.92 Å². The number of anilines is 1. The lowest BCUT2D eigenvalue weighted by Gasteiger charge is -2.11. The molecule has 1 aliphatic rings. The number of amidine groups is 1. The van der Waals surface area contributed by atoms with Crippen molar-refractivity contribution in [3.05, 3.63) is 47.8 Å². The molecule has 6 nitrogen and oxygen atoms in total. The number of nitrogens with one attached hydrogen (secondary N) is 3. The zero-order valence-electron chi connectivity index (χ0n) is 19.7. The molecular formula is C26H38N6. The second kappa shape index (κ2) is 13.5. The molecule has 2 aromatic rings. The van der Waals surface area contributed by atoms with Crippen molar-refractivity contribution in [2.24, 2.45) is 9.98 Å². The lowest BCUT2D eigenvalue weighted by molar-refractivity contribution is 0.642. The second-order valence-corrected chi connectivity index (χ2v) is 8.48. The number of benzene rings is 1. The standard InChI is InChI=1S/C26H38N6/c1-21-10-11-23-24(12-17-29-25(23)18-21)28-14-7-3-4-8-15-30-26-19-22(2)32-20-27-13-6-5-9-16-31-26/h10-12,17-20H,3-9,13-16H2,1-2H3,(H,27,32)(H,28,29)(H,30,31)/b22-19-. The number of aliphatic imine (C=N–C) groups is 2. The molecule has 2 heterocycles. The van der Waals surface area contributed by atoms with Gasteiger partial charge in [-0.3, -0.25) is 15.0 Å². The number of hydrogen-bond donors (Lipinski definition) is 3. The highest BCUT2D eigenvalue weighted by atomic mass is 15.0. The summed E-state index contributed by atoms with van der Waals surface area (Å²) in [5.74, 6) is 0.977. The molecule has 0 saturated carbocycles. The molecule has 32 heavy (non-hydrogen) atoms. The van der Waals surface area contributed by atoms with E-state index < -0.39 is 0 Å². The molecule has 0 atom stereocenters. The summed E-state index contributed by atoms with van der Waals surface area (Å²) in [6.07, 6.45) is 14.0. The molecular weight excluding hydrogens is 396 g/mol. The summed E-state index contributed by atoms with van der Waals surface area (Å²) in [5, 5.41) is 11.5. The van der Waals surface area contributed by atoms with Crippen molar-refractivity contribution in [1.82, 2.24) is 15.6 Å². The lowest BCUT2D eigenvalue weighted by Crippen LogP contribution is -2.25. The first kappa shape index (κ1) is 23.8. The fourth-order valence-corrected chi connectivity index (χ4v) is 3.76. The summed E-state index contributed by atoms with van der Waals surface area (Å²) >= 11 is 0. The van der Waals surface area contributed by atoms with Gasteiger partial charge in [0.1, 0.15) is 5.84 Å². The van der Waals surface area contributed by atoms with Gasteiger partial charge in [0.2, 0.25) is 0 Å². The molecule has 0 bridgehead atoms. The van der Waals surface area contributed by atoms with Crippen molar-refractivity contribution in [2.45, 2.75) is 58.8 Å². The Labute approximate surface area is 192 Å². The van der Waals surface area contributed by atoms with E-state index in [1.807, 2.05) is 6.20 Å². The van der Waals surface area contributed by atoms with Crippen LogP contribution in [0.4, 0.5) is 5.69 Å². The van der Waals surface area contributed by atoms with Crippen molar-refractivity contribution in [1.29, 1.82) is 0 Å². The van der Waals surface area contributed by atoms with Gasteiger partial charge in [0.25, 0.3) is 0 Å². The summed E-state index contributed by atoms with van der Waals surface area (Å²) in [4.78, 5) is 13.6. The molecule has 0 amide bonds. The predicted octanol–water partition coefficient (Wildman–Crippen LogP) is 5.21. The van der Waals surface area contributed by atoms with Crippen LogP contribution in [0.1, 0.15) is 57.4 Å². The van der Waals surface area contributed by atoms with Crippen LogP contribution >= 0.6 is 0 Å². The number of aromatic nitrogens is 1. The Morgan fingerprint density at radius 2 is 1.72 bits per heavy atom. The fourth-order valence-electron chi connectivity index (χ4n) is 3.76. The van der Waals surface area contributed by atoms with E-state index in [1.54, 1.807) is 6.34 Å². The molecule has 0 fully saturated rings. The van der Waals surface area contributed by atoms with E-state index in [0.717, 1.165) is 62.5 Å². The first-order chi connectivity index (χ1) is 15.7. The molecule has 1 aliphatic heterocycles. The van der Waals surface area contributed by atoms with E-state index in [-0.39, 0.29) is 0 Å². The van der Waals surface area contributed by atoms with Gasteiger partial charge < -0.3 is 16.0 Å². The molecule has 3 N–H and O–H groups in total. The first-order valence-corrected chi connectivity index (χ1v) is 12.0. The number of pyridine rings is 1. The zero-order valence-corrected chi connectivity index (χ0v) is 19.7. The summed E-state index contributed by atoms with van der Waals surface area (Å²) in [6, 6.07) is 8.52. The minimum absolute atomic E-state index is 0.880. The number of aryl methyl sites for hydroxylation is 1. The number of unbranched alkanes of at least 4 members (excludes halogenated alkanes) is 3. The Morgan fingerprint density at radius 1 is 0.906 bits per heavy atom. The maximum absolute atomic E-state index is 4.75. The topological polar surface area (TPSA) is 73.7 Å². The Balaban J connectivity index is 1.34. The highest BCUT2D eigenvalue weighted by Crippen LogP contribution is 2.22. The molecule has 0 unspecified atom stereocenters. The third kappa shape index (κ3) is 8.33. The monoisotopic (exact) mass is 434 g/mol. The highest BCUT2D eigenvalue weighted by molar-refractivity contribution is 5.93. The van der Waals surface area contributed by atoms with Gasteiger partial charge in [0, 0.05) is 49.1 Å². The first-order valence-electron chi connectivity index (χ1n) is 12.0. The molecule has 3 rings (SSSR count). The van der Waals surface area contributed by atoms with Crippen LogP contribution in [-0.4, -0.2) is 43.3 Å². The van der Waals surface area contributed by atoms with Crippen LogP contribution in [0.2, 0.25) is 0 Å². The molecule has 1 aromatic heterocycles. The van der Waals surface area contributed by atoms with Crippen molar-refractivity contribution < 1.29 is 0 Å². The van der Waals surface area contributed by atoms with Gasteiger partial charge in [-0.2, -0.15) is 0 Å². The van der Waals surface area contributed by atoms with E-state index in [0.29, 0.717) is 0 Å². The van der Waals surface area contributed by atoms with Crippen molar-refractivity contribution in [3.63, 3.8) is 0 Å². The summed E-state index contributed by atoms with van der Waals surface area (Å²) < 4.78 is 0. The van der Waals surface area contributed by atoms with Gasteiger partial charge >= 0.3 is 0 Å². The molecule has 0 aliphatic carbocycles. The van der Waals surface area contributed by atoms with E-state index in [2.05, 4.69) is 70.1 Å². The van der Waals surface area contributed by atoms with E-state index >= 15 is 0 Å². The molecule has 6 heteroatoms. The molecule has 0 spiro atoms. The number of rotatable bonds is 8. The van der Waals surface area contributed by atoms with E-state index in [4.69, 9.17) is 4.99 Å². The summed E-state index contributed by atoms with van der Waals surface area (Å²) in [5.41, 5.74) is 4.54. The third-order valence-electron chi connectivity index (χ3n) is 5.59. The second-order valence-electron chi connectivity index (χ2n) is 8.48. The Bertz CT molecular complexity index is 931. The SMILES string of the molecule is C/C1=C/C(NCCCCCCNc2ccnc3cc(C)ccc23)=NCCCCCN=CN1. The van der Waals surface area contributed by atoms with Crippen LogP contribution in [0.25, 0.3) is 10.9 Å². The predicted molar refractivity (Wildman–Crippen MR) is 138 cm³/mol. The summed E-state index contributed by atoms with van der Waals surface area (Å²) in [6.45, 7) is 7.87. The van der Waals surface area contributed by atoms with Gasteiger partial charge in [-0.1, -0.05) is 25.0 Å². The van der Waals surface area contributed by atoms with E-state index in [9.17, 15) is 0 Å². The molecule has 172 valence electrons. The van der Waals surface area contributed by atoms with Crippen LogP contribution in [0.3, 0.4) is 0 Å². The van der Waals surface area contributed by atoms with Crippen LogP contribution in [0.15, 0.2) is 52.2 Å². The van der Waals surface area contributed by atoms with Crippen LogP contribution in [0.5, 0.6) is 0 Å². The maximum Gasteiger partial charge on any atom is 0.122 e. The van der Waals surface area contributed by atoms with Gasteiger partial charge in [-0.05, 0) is 69.7 Å². The average Bonchev–Trinajstić information content (AvgIpc) is 2.78. The molecule has 1 aromatic carbocycles. The quantitative estimate of drug-likeness (QED) is 0.499. The molecule has 0 radical (unpaired) electrons. The normalized spacial score (nSPS) is 16.8. The third-order valence-corrected chi connectivity index (χ3v) is 5.59. The van der Waals surface area contributed by atoms with Crippen molar-refractivity contribution >= 4 is 28.8 Å². The van der Waals surface area contributed by atoms with Gasteiger partial charge in [-0.15, -0.1) is 0 Å². The van der Waals surface area contributed by atoms with Crippen LogP contribution < -0.4 is 16.0 Å². The number of fused-ring (bicyclic) bond motifs is 1. The Morgan fingerprint density at radius 3 is 2.59 bits per heavy atom.